The van der Waals surface area contributed by atoms with Gasteiger partial charge in [0.15, 0.2) is 6.61 Å². The molecule has 0 amide bonds. The molecule has 0 spiro atoms. The van der Waals surface area contributed by atoms with Crippen LogP contribution in [0, 0.1) is 35.0 Å². The zero-order valence-electron chi connectivity index (χ0n) is 17.0. The van der Waals surface area contributed by atoms with Crippen LogP contribution in [-0.4, -0.2) is 17.8 Å². The monoisotopic (exact) mass is 369 g/mol. The lowest BCUT2D eigenvalue weighted by molar-refractivity contribution is 0.106. The molecule has 2 aliphatic carbocycles. The molecule has 3 rings (SSSR count). The number of nitrogens with zero attached hydrogens (tertiary/aromatic N) is 1. The average Bonchev–Trinajstić information content (AvgIpc) is 2.97. The van der Waals surface area contributed by atoms with Crippen LogP contribution in [0.1, 0.15) is 69.9 Å². The number of unbranched alkanes of at least 4 members (excludes halogenated alkanes) is 2. The molecule has 0 radical (unpaired) electrons. The van der Waals surface area contributed by atoms with Crippen LogP contribution in [0.5, 0.6) is 5.75 Å². The maximum absolute atomic E-state index is 10.8. The van der Waals surface area contributed by atoms with Gasteiger partial charge in [-0.15, -0.1) is 0 Å². The number of aliphatic hydroxyl groups excluding tert-OH is 1. The van der Waals surface area contributed by atoms with Crippen LogP contribution in [0.25, 0.3) is 0 Å². The molecule has 2 aliphatic rings. The summed E-state index contributed by atoms with van der Waals surface area (Å²) in [6.45, 7) is 4.74. The summed E-state index contributed by atoms with van der Waals surface area (Å²) < 4.78 is 5.66. The summed E-state index contributed by atoms with van der Waals surface area (Å²) in [6.07, 6.45) is 10.5. The highest BCUT2D eigenvalue weighted by Gasteiger charge is 2.44. The van der Waals surface area contributed by atoms with E-state index in [9.17, 15) is 5.11 Å². The van der Waals surface area contributed by atoms with Gasteiger partial charge in [-0.05, 0) is 66.5 Å². The second-order valence-electron chi connectivity index (χ2n) is 8.82. The molecule has 3 heteroatoms. The minimum absolute atomic E-state index is 0.103. The highest BCUT2D eigenvalue weighted by atomic mass is 16.5. The van der Waals surface area contributed by atoms with Crippen molar-refractivity contribution >= 4 is 0 Å². The molecular weight excluding hydrogens is 334 g/mol. The fourth-order valence-corrected chi connectivity index (χ4v) is 5.41. The number of hydrogen-bond acceptors (Lipinski definition) is 3. The lowest BCUT2D eigenvalue weighted by Crippen LogP contribution is -2.27. The molecule has 0 unspecified atom stereocenters. The van der Waals surface area contributed by atoms with Gasteiger partial charge in [0.2, 0.25) is 0 Å². The minimum Gasteiger partial charge on any atom is -0.478 e. The summed E-state index contributed by atoms with van der Waals surface area (Å²) >= 11 is 0. The van der Waals surface area contributed by atoms with E-state index >= 15 is 0 Å². The molecule has 0 saturated heterocycles. The number of fused-ring (bicyclic) bond motifs is 2. The highest BCUT2D eigenvalue weighted by Crippen LogP contribution is 2.48. The van der Waals surface area contributed by atoms with Gasteiger partial charge < -0.3 is 9.84 Å². The summed E-state index contributed by atoms with van der Waals surface area (Å²) in [7, 11) is 0. The van der Waals surface area contributed by atoms with Gasteiger partial charge in [-0.25, -0.2) is 0 Å². The van der Waals surface area contributed by atoms with Crippen LogP contribution in [0.2, 0.25) is 0 Å². The smallest absolute Gasteiger partial charge is 0.174 e. The van der Waals surface area contributed by atoms with Crippen molar-refractivity contribution in [3.63, 3.8) is 0 Å². The summed E-state index contributed by atoms with van der Waals surface area (Å²) in [6, 6.07) is 8.30. The fraction of sp³-hybridized carbons (Fsp3) is 0.708. The molecule has 5 atom stereocenters. The molecule has 1 aromatic carbocycles. The highest BCUT2D eigenvalue weighted by molar-refractivity contribution is 5.43. The Morgan fingerprint density at radius 2 is 2.11 bits per heavy atom. The van der Waals surface area contributed by atoms with Gasteiger partial charge in [-0.3, -0.25) is 0 Å². The van der Waals surface area contributed by atoms with Gasteiger partial charge in [-0.1, -0.05) is 58.1 Å². The molecule has 1 saturated carbocycles. The molecule has 0 aliphatic heterocycles. The summed E-state index contributed by atoms with van der Waals surface area (Å²) in [5.74, 6) is 3.24. The third kappa shape index (κ3) is 4.85. The topological polar surface area (TPSA) is 53.2 Å². The maximum atomic E-state index is 10.8. The van der Waals surface area contributed by atoms with Gasteiger partial charge in [0, 0.05) is 0 Å². The number of hydrogen-bond donors (Lipinski definition) is 1. The molecule has 0 bridgehead atoms. The molecule has 27 heavy (non-hydrogen) atoms. The summed E-state index contributed by atoms with van der Waals surface area (Å²) in [4.78, 5) is 0. The van der Waals surface area contributed by atoms with Crippen molar-refractivity contribution in [3.8, 4) is 11.8 Å². The predicted molar refractivity (Wildman–Crippen MR) is 109 cm³/mol. The van der Waals surface area contributed by atoms with Gasteiger partial charge in [-0.2, -0.15) is 5.26 Å². The molecule has 1 aromatic rings. The fourth-order valence-electron chi connectivity index (χ4n) is 5.41. The molecule has 3 nitrogen and oxygen atoms in total. The first-order valence-corrected chi connectivity index (χ1v) is 10.9. The zero-order valence-corrected chi connectivity index (χ0v) is 17.0. The SMILES string of the molecule is CCCCC[C@@H](C)CC[C@@H]1[C@H]2Cc3cccc(OCC#N)c3C[C@H]2C[C@H]1O. The maximum Gasteiger partial charge on any atom is 0.174 e. The zero-order chi connectivity index (χ0) is 19.2. The number of rotatable bonds is 9. The number of aliphatic hydroxyl groups is 1. The Labute approximate surface area is 164 Å². The Kier molecular flexibility index (Phi) is 7.19. The molecule has 1 fully saturated rings. The molecule has 148 valence electrons. The van der Waals surface area contributed by atoms with Crippen LogP contribution in [0.15, 0.2) is 18.2 Å². The summed E-state index contributed by atoms with van der Waals surface area (Å²) in [5.41, 5.74) is 2.64. The lowest BCUT2D eigenvalue weighted by Gasteiger charge is -2.32. The van der Waals surface area contributed by atoms with Crippen LogP contribution >= 0.6 is 0 Å². The van der Waals surface area contributed by atoms with Crippen molar-refractivity contribution in [2.24, 2.45) is 23.7 Å². The first-order valence-electron chi connectivity index (χ1n) is 10.9. The second kappa shape index (κ2) is 9.60. The average molecular weight is 370 g/mol. The quantitative estimate of drug-likeness (QED) is 0.601. The van der Waals surface area contributed by atoms with Crippen molar-refractivity contribution in [2.75, 3.05) is 6.61 Å². The lowest BCUT2D eigenvalue weighted by atomic mass is 9.73. The number of nitriles is 1. The standard InChI is InChI=1S/C24H35NO2/c1-3-4-5-7-17(2)10-11-20-21-14-18-8-6-9-24(27-13-12-25)22(18)15-19(21)16-23(20)26/h6,8-9,17,19-21,23,26H,3-5,7,10-11,13-16H2,1-2H3/t17-,19+,20-,21+,23-/m1/s1. The van der Waals surface area contributed by atoms with Crippen LogP contribution in [-0.2, 0) is 12.8 Å². The molecule has 0 aromatic heterocycles. The molecule has 0 heterocycles. The van der Waals surface area contributed by atoms with Gasteiger partial charge in [0.05, 0.1) is 6.10 Å². The van der Waals surface area contributed by atoms with Crippen LogP contribution in [0.3, 0.4) is 0 Å². The Bertz CT molecular complexity index is 650. The minimum atomic E-state index is -0.152. The third-order valence-corrected chi connectivity index (χ3v) is 6.93. The molecular formula is C24H35NO2. The largest absolute Gasteiger partial charge is 0.478 e. The first-order chi connectivity index (χ1) is 13.1. The van der Waals surface area contributed by atoms with Crippen LogP contribution in [0.4, 0.5) is 0 Å². The van der Waals surface area contributed by atoms with E-state index in [1.807, 2.05) is 12.1 Å². The van der Waals surface area contributed by atoms with Crippen molar-refractivity contribution in [3.05, 3.63) is 29.3 Å². The summed E-state index contributed by atoms with van der Waals surface area (Å²) in [5, 5.41) is 19.6. The normalized spacial score (nSPS) is 27.5. The van der Waals surface area contributed by atoms with E-state index in [0.29, 0.717) is 17.8 Å². The Morgan fingerprint density at radius 3 is 2.89 bits per heavy atom. The van der Waals surface area contributed by atoms with Crippen molar-refractivity contribution in [1.29, 1.82) is 5.26 Å². The van der Waals surface area contributed by atoms with Crippen molar-refractivity contribution in [2.45, 2.75) is 77.7 Å². The van der Waals surface area contributed by atoms with E-state index in [0.717, 1.165) is 37.4 Å². The Balaban J connectivity index is 1.62. The van der Waals surface area contributed by atoms with E-state index in [-0.39, 0.29) is 12.7 Å². The Morgan fingerprint density at radius 1 is 1.26 bits per heavy atom. The van der Waals surface area contributed by atoms with E-state index in [1.54, 1.807) is 0 Å². The van der Waals surface area contributed by atoms with Crippen molar-refractivity contribution < 1.29 is 9.84 Å². The second-order valence-corrected chi connectivity index (χ2v) is 8.82. The van der Waals surface area contributed by atoms with Gasteiger partial charge in [0.25, 0.3) is 0 Å². The van der Waals surface area contributed by atoms with E-state index in [4.69, 9.17) is 10.00 Å². The number of ether oxygens (including phenoxy) is 1. The number of benzene rings is 1. The van der Waals surface area contributed by atoms with E-state index in [1.165, 1.54) is 43.2 Å². The first kappa shape index (κ1) is 20.2. The Hall–Kier alpha value is -1.53. The van der Waals surface area contributed by atoms with Crippen molar-refractivity contribution in [1.82, 2.24) is 0 Å². The predicted octanol–water partition coefficient (Wildman–Crippen LogP) is 5.30. The van der Waals surface area contributed by atoms with E-state index < -0.39 is 0 Å². The van der Waals surface area contributed by atoms with Gasteiger partial charge in [0.1, 0.15) is 11.8 Å². The third-order valence-electron chi connectivity index (χ3n) is 6.93. The van der Waals surface area contributed by atoms with Crippen LogP contribution < -0.4 is 4.74 Å². The van der Waals surface area contributed by atoms with Gasteiger partial charge >= 0.3 is 0 Å². The molecule has 1 N–H and O–H groups in total. The van der Waals surface area contributed by atoms with E-state index in [2.05, 4.69) is 26.0 Å².